The van der Waals surface area contributed by atoms with Crippen LogP contribution in [-0.4, -0.2) is 36.1 Å². The van der Waals surface area contributed by atoms with E-state index in [4.69, 9.17) is 16.0 Å². The van der Waals surface area contributed by atoms with Crippen LogP contribution in [0.4, 0.5) is 0 Å². The minimum Gasteiger partial charge on any atom is -0.454 e. The molecule has 0 spiro atoms. The Morgan fingerprint density at radius 3 is 2.54 bits per heavy atom. The summed E-state index contributed by atoms with van der Waals surface area (Å²) in [7, 11) is 1.51. The van der Waals surface area contributed by atoms with E-state index in [1.54, 1.807) is 6.07 Å². The molecule has 2 aromatic rings. The zero-order chi connectivity index (χ0) is 20.3. The molecule has 0 aliphatic heterocycles. The first-order chi connectivity index (χ1) is 13.4. The van der Waals surface area contributed by atoms with Crippen molar-refractivity contribution in [3.05, 3.63) is 58.0 Å². The van der Waals surface area contributed by atoms with E-state index in [2.05, 4.69) is 10.6 Å². The van der Waals surface area contributed by atoms with E-state index in [9.17, 15) is 14.7 Å². The Bertz CT molecular complexity index is 856. The molecule has 3 rings (SSSR count). The number of rotatable bonds is 5. The molecular formula is C21H25ClN2O4. The van der Waals surface area contributed by atoms with E-state index in [0.29, 0.717) is 29.2 Å². The Labute approximate surface area is 169 Å². The fourth-order valence-corrected chi connectivity index (χ4v) is 3.75. The molecule has 1 fully saturated rings. The van der Waals surface area contributed by atoms with Crippen molar-refractivity contribution in [2.75, 3.05) is 7.05 Å². The van der Waals surface area contributed by atoms with Gasteiger partial charge >= 0.3 is 0 Å². The first kappa shape index (κ1) is 20.4. The molecule has 0 radical (unpaired) electrons. The third-order valence-electron chi connectivity index (χ3n) is 5.23. The summed E-state index contributed by atoms with van der Waals surface area (Å²) in [6.07, 6.45) is 2.51. The van der Waals surface area contributed by atoms with Gasteiger partial charge in [0.2, 0.25) is 0 Å². The van der Waals surface area contributed by atoms with Gasteiger partial charge in [-0.15, -0.1) is 0 Å². The van der Waals surface area contributed by atoms with Gasteiger partial charge in [-0.25, -0.2) is 0 Å². The lowest BCUT2D eigenvalue weighted by Crippen LogP contribution is -2.38. The molecule has 1 aromatic carbocycles. The molecule has 7 heteroatoms. The molecule has 1 atom stereocenters. The molecule has 0 saturated heterocycles. The number of nitrogens with one attached hydrogen (secondary N) is 2. The third kappa shape index (κ3) is 4.56. The van der Waals surface area contributed by atoms with Gasteiger partial charge in [0.15, 0.2) is 5.76 Å². The standard InChI is InChI=1S/C21H25ClN2O4/c1-12(13-4-3-5-14(22)10-13)19-17(11-18(28-19)21(27)23-2)20(26)24-15-6-8-16(25)9-7-15/h3-5,10-12,15-16,25H,6-9H2,1-2H3,(H,23,27)(H,24,26)/t12-,15-,16-/m0/s1. The molecule has 150 valence electrons. The van der Waals surface area contributed by atoms with Crippen molar-refractivity contribution in [1.29, 1.82) is 0 Å². The van der Waals surface area contributed by atoms with Gasteiger partial charge in [-0.05, 0) is 43.4 Å². The molecule has 2 amide bonds. The number of benzene rings is 1. The second kappa shape index (κ2) is 8.80. The van der Waals surface area contributed by atoms with Gasteiger partial charge in [-0.2, -0.15) is 0 Å². The van der Waals surface area contributed by atoms with E-state index < -0.39 is 0 Å². The second-order valence-electron chi connectivity index (χ2n) is 7.22. The van der Waals surface area contributed by atoms with Crippen molar-refractivity contribution in [2.24, 2.45) is 0 Å². The minimum absolute atomic E-state index is 0.00331. The number of furan rings is 1. The highest BCUT2D eigenvalue weighted by Crippen LogP contribution is 2.31. The van der Waals surface area contributed by atoms with Gasteiger partial charge in [-0.3, -0.25) is 9.59 Å². The smallest absolute Gasteiger partial charge is 0.286 e. The quantitative estimate of drug-likeness (QED) is 0.711. The number of aliphatic hydroxyl groups excluding tert-OH is 1. The van der Waals surface area contributed by atoms with Crippen molar-refractivity contribution in [3.8, 4) is 0 Å². The molecule has 0 unspecified atom stereocenters. The predicted octanol–water partition coefficient (Wildman–Crippen LogP) is 3.48. The summed E-state index contributed by atoms with van der Waals surface area (Å²) in [5.74, 6) is -0.403. The van der Waals surface area contributed by atoms with Gasteiger partial charge in [0.05, 0.1) is 11.7 Å². The van der Waals surface area contributed by atoms with Crippen LogP contribution in [0, 0.1) is 0 Å². The highest BCUT2D eigenvalue weighted by molar-refractivity contribution is 6.30. The molecule has 6 nitrogen and oxygen atoms in total. The normalized spacial score (nSPS) is 20.4. The number of halogens is 1. The van der Waals surface area contributed by atoms with E-state index in [1.807, 2.05) is 25.1 Å². The van der Waals surface area contributed by atoms with Crippen molar-refractivity contribution in [2.45, 2.75) is 50.7 Å². The van der Waals surface area contributed by atoms with Crippen LogP contribution in [0.2, 0.25) is 5.02 Å². The van der Waals surface area contributed by atoms with Gasteiger partial charge in [0.1, 0.15) is 5.76 Å². The van der Waals surface area contributed by atoms with E-state index in [0.717, 1.165) is 18.4 Å². The summed E-state index contributed by atoms with van der Waals surface area (Å²) in [4.78, 5) is 25.0. The average molecular weight is 405 g/mol. The van der Waals surface area contributed by atoms with Crippen molar-refractivity contribution < 1.29 is 19.1 Å². The summed E-state index contributed by atoms with van der Waals surface area (Å²) in [6.45, 7) is 1.91. The van der Waals surface area contributed by atoms with E-state index >= 15 is 0 Å². The highest BCUT2D eigenvalue weighted by Gasteiger charge is 2.28. The number of amides is 2. The molecule has 1 aromatic heterocycles. The van der Waals surface area contributed by atoms with Crippen LogP contribution in [0.15, 0.2) is 34.7 Å². The highest BCUT2D eigenvalue weighted by atomic mass is 35.5. The van der Waals surface area contributed by atoms with Crippen LogP contribution in [0.5, 0.6) is 0 Å². The number of hydrogen-bond donors (Lipinski definition) is 3. The van der Waals surface area contributed by atoms with Gasteiger partial charge in [-0.1, -0.05) is 30.7 Å². The summed E-state index contributed by atoms with van der Waals surface area (Å²) in [6, 6.07) is 8.83. The molecule has 1 heterocycles. The van der Waals surface area contributed by atoms with E-state index in [-0.39, 0.29) is 35.6 Å². The topological polar surface area (TPSA) is 91.6 Å². The van der Waals surface area contributed by atoms with Gasteiger partial charge in [0.25, 0.3) is 11.8 Å². The van der Waals surface area contributed by atoms with Crippen molar-refractivity contribution in [1.82, 2.24) is 10.6 Å². The first-order valence-corrected chi connectivity index (χ1v) is 9.87. The fourth-order valence-electron chi connectivity index (χ4n) is 3.55. The summed E-state index contributed by atoms with van der Waals surface area (Å²) < 4.78 is 5.79. The lowest BCUT2D eigenvalue weighted by atomic mass is 9.92. The van der Waals surface area contributed by atoms with Gasteiger partial charge in [0, 0.05) is 30.1 Å². The first-order valence-electron chi connectivity index (χ1n) is 9.49. The SMILES string of the molecule is CNC(=O)c1cc(C(=O)N[C@H]2CC[C@H](O)CC2)c([C@@H](C)c2cccc(Cl)c2)o1. The average Bonchev–Trinajstić information content (AvgIpc) is 3.14. The predicted molar refractivity (Wildman–Crippen MR) is 107 cm³/mol. The van der Waals surface area contributed by atoms with Crippen LogP contribution < -0.4 is 10.6 Å². The monoisotopic (exact) mass is 404 g/mol. The van der Waals surface area contributed by atoms with E-state index in [1.165, 1.54) is 13.1 Å². The molecule has 1 aliphatic rings. The second-order valence-corrected chi connectivity index (χ2v) is 7.66. The Balaban J connectivity index is 1.89. The maximum Gasteiger partial charge on any atom is 0.286 e. The summed E-state index contributed by atoms with van der Waals surface area (Å²) >= 11 is 6.10. The van der Waals surface area contributed by atoms with Gasteiger partial charge < -0.3 is 20.2 Å². The van der Waals surface area contributed by atoms with Crippen LogP contribution in [0.3, 0.4) is 0 Å². The van der Waals surface area contributed by atoms with Crippen LogP contribution in [0.1, 0.15) is 70.8 Å². The molecule has 3 N–H and O–H groups in total. The molecule has 0 bridgehead atoms. The minimum atomic E-state index is -0.389. The zero-order valence-electron chi connectivity index (χ0n) is 16.0. The Morgan fingerprint density at radius 1 is 1.18 bits per heavy atom. The number of aliphatic hydroxyl groups is 1. The molecule has 1 saturated carbocycles. The molecule has 28 heavy (non-hydrogen) atoms. The van der Waals surface area contributed by atoms with Crippen molar-refractivity contribution in [3.63, 3.8) is 0 Å². The fraction of sp³-hybridized carbons (Fsp3) is 0.429. The lowest BCUT2D eigenvalue weighted by Gasteiger charge is -2.26. The summed E-state index contributed by atoms with van der Waals surface area (Å²) in [5, 5.41) is 15.8. The maximum atomic E-state index is 13.0. The van der Waals surface area contributed by atoms with Crippen molar-refractivity contribution >= 4 is 23.4 Å². The lowest BCUT2D eigenvalue weighted by molar-refractivity contribution is 0.0864. The summed E-state index contributed by atoms with van der Waals surface area (Å²) in [5.41, 5.74) is 1.23. The van der Waals surface area contributed by atoms with Crippen LogP contribution in [-0.2, 0) is 0 Å². The number of carbonyl (C=O) groups is 2. The number of hydrogen-bond acceptors (Lipinski definition) is 4. The van der Waals surface area contributed by atoms with Crippen LogP contribution in [0.25, 0.3) is 0 Å². The largest absolute Gasteiger partial charge is 0.454 e. The Morgan fingerprint density at radius 2 is 1.89 bits per heavy atom. The molecule has 1 aliphatic carbocycles. The third-order valence-corrected chi connectivity index (χ3v) is 5.47. The van der Waals surface area contributed by atoms with Crippen LogP contribution >= 0.6 is 11.6 Å². The Kier molecular flexibility index (Phi) is 6.42. The Hall–Kier alpha value is -2.31. The number of carbonyl (C=O) groups excluding carboxylic acids is 2. The molecular weight excluding hydrogens is 380 g/mol. The zero-order valence-corrected chi connectivity index (χ0v) is 16.8. The maximum absolute atomic E-state index is 13.0.